The predicted molar refractivity (Wildman–Crippen MR) is 121 cm³/mol. The SMILES string of the molecule is O=C(Cc1ccc(NCCC2CC2C2CCN(c3ncccn3)CC2)nc1)N1CCC1. The normalized spacial score (nSPS) is 23.4. The molecule has 1 N–H and O–H groups in total. The van der Waals surface area contributed by atoms with Crippen LogP contribution in [0.5, 0.6) is 0 Å². The van der Waals surface area contributed by atoms with E-state index in [0.717, 1.165) is 74.2 Å². The molecule has 7 heteroatoms. The Morgan fingerprint density at radius 1 is 1.06 bits per heavy atom. The number of pyridine rings is 1. The van der Waals surface area contributed by atoms with Crippen LogP contribution in [0.1, 0.15) is 37.7 Å². The summed E-state index contributed by atoms with van der Waals surface area (Å²) in [6, 6.07) is 5.90. The van der Waals surface area contributed by atoms with Crippen molar-refractivity contribution in [2.75, 3.05) is 42.9 Å². The zero-order valence-electron chi connectivity index (χ0n) is 18.1. The molecule has 31 heavy (non-hydrogen) atoms. The number of carbonyl (C=O) groups excluding carboxylic acids is 1. The minimum atomic E-state index is 0.218. The Morgan fingerprint density at radius 2 is 1.87 bits per heavy atom. The molecule has 2 saturated heterocycles. The van der Waals surface area contributed by atoms with Gasteiger partial charge in [-0.05, 0) is 67.6 Å². The van der Waals surface area contributed by atoms with Crippen molar-refractivity contribution in [3.05, 3.63) is 42.4 Å². The van der Waals surface area contributed by atoms with Crippen LogP contribution in [0.2, 0.25) is 0 Å². The summed E-state index contributed by atoms with van der Waals surface area (Å²) in [6.45, 7) is 4.94. The molecule has 2 aromatic heterocycles. The van der Waals surface area contributed by atoms with Crippen LogP contribution in [0.15, 0.2) is 36.8 Å². The number of amides is 1. The molecule has 5 rings (SSSR count). The molecule has 0 bridgehead atoms. The monoisotopic (exact) mass is 420 g/mol. The first-order valence-electron chi connectivity index (χ1n) is 11.7. The molecule has 3 fully saturated rings. The summed E-state index contributed by atoms with van der Waals surface area (Å²) >= 11 is 0. The quantitative estimate of drug-likeness (QED) is 0.708. The molecular weight excluding hydrogens is 388 g/mol. The van der Waals surface area contributed by atoms with E-state index in [-0.39, 0.29) is 5.91 Å². The molecule has 1 saturated carbocycles. The van der Waals surface area contributed by atoms with Gasteiger partial charge >= 0.3 is 0 Å². The van der Waals surface area contributed by atoms with E-state index in [0.29, 0.717) is 6.42 Å². The third-order valence-corrected chi connectivity index (χ3v) is 7.17. The summed E-state index contributed by atoms with van der Waals surface area (Å²) in [5.74, 6) is 4.60. The van der Waals surface area contributed by atoms with Crippen LogP contribution in [0, 0.1) is 17.8 Å². The molecule has 1 aliphatic carbocycles. The van der Waals surface area contributed by atoms with E-state index in [1.54, 1.807) is 0 Å². The van der Waals surface area contributed by atoms with E-state index in [4.69, 9.17) is 0 Å². The summed E-state index contributed by atoms with van der Waals surface area (Å²) in [4.78, 5) is 29.6. The molecule has 1 amide bonds. The van der Waals surface area contributed by atoms with Crippen molar-refractivity contribution >= 4 is 17.7 Å². The second-order valence-electron chi connectivity index (χ2n) is 9.21. The molecule has 7 nitrogen and oxygen atoms in total. The Labute approximate surface area is 184 Å². The third kappa shape index (κ3) is 4.97. The highest BCUT2D eigenvalue weighted by Gasteiger charge is 2.43. The number of anilines is 2. The van der Waals surface area contributed by atoms with Gasteiger partial charge in [-0.3, -0.25) is 4.79 Å². The van der Waals surface area contributed by atoms with Gasteiger partial charge in [0.15, 0.2) is 0 Å². The molecule has 2 aromatic rings. The minimum absolute atomic E-state index is 0.218. The standard InChI is InChI=1S/C24H32N6O/c31-23(29-11-2-12-29)15-18-3-4-22(28-17-18)25-10-5-20-16-21(20)19-6-13-30(14-7-19)24-26-8-1-9-27-24/h1,3-4,8-9,17,19-21H,2,5-7,10-16H2,(H,25,28). The second-order valence-corrected chi connectivity index (χ2v) is 9.21. The van der Waals surface area contributed by atoms with Crippen molar-refractivity contribution < 1.29 is 4.79 Å². The first-order valence-corrected chi connectivity index (χ1v) is 11.7. The summed E-state index contributed by atoms with van der Waals surface area (Å²) in [5.41, 5.74) is 0.997. The summed E-state index contributed by atoms with van der Waals surface area (Å²) in [5, 5.41) is 3.46. The number of piperidine rings is 1. The van der Waals surface area contributed by atoms with Gasteiger partial charge in [0.2, 0.25) is 11.9 Å². The molecule has 2 aliphatic heterocycles. The highest BCUT2D eigenvalue weighted by molar-refractivity contribution is 5.79. The lowest BCUT2D eigenvalue weighted by Gasteiger charge is -2.32. The molecule has 0 radical (unpaired) electrons. The maximum Gasteiger partial charge on any atom is 0.227 e. The largest absolute Gasteiger partial charge is 0.370 e. The van der Waals surface area contributed by atoms with Crippen molar-refractivity contribution in [3.8, 4) is 0 Å². The molecule has 4 heterocycles. The van der Waals surface area contributed by atoms with Crippen molar-refractivity contribution in [2.45, 2.75) is 38.5 Å². The van der Waals surface area contributed by atoms with Crippen molar-refractivity contribution in [3.63, 3.8) is 0 Å². The lowest BCUT2D eigenvalue weighted by Crippen LogP contribution is -2.42. The average Bonchev–Trinajstić information content (AvgIpc) is 3.54. The first-order chi connectivity index (χ1) is 15.3. The van der Waals surface area contributed by atoms with Gasteiger partial charge in [-0.2, -0.15) is 0 Å². The number of hydrogen-bond acceptors (Lipinski definition) is 6. The van der Waals surface area contributed by atoms with Crippen molar-refractivity contribution in [1.82, 2.24) is 19.9 Å². The van der Waals surface area contributed by atoms with E-state index >= 15 is 0 Å². The molecule has 0 spiro atoms. The number of nitrogens with one attached hydrogen (secondary N) is 1. The van der Waals surface area contributed by atoms with E-state index in [1.165, 1.54) is 25.7 Å². The van der Waals surface area contributed by atoms with Gasteiger partial charge in [0.25, 0.3) is 0 Å². The van der Waals surface area contributed by atoms with Crippen molar-refractivity contribution in [1.29, 1.82) is 0 Å². The van der Waals surface area contributed by atoms with E-state index < -0.39 is 0 Å². The number of carbonyl (C=O) groups is 1. The van der Waals surface area contributed by atoms with Gasteiger partial charge in [0.1, 0.15) is 5.82 Å². The molecule has 3 aliphatic rings. The predicted octanol–water partition coefficient (Wildman–Crippen LogP) is 3.00. The highest BCUT2D eigenvalue weighted by Crippen LogP contribution is 2.49. The van der Waals surface area contributed by atoms with Crippen LogP contribution in [-0.4, -0.2) is 58.5 Å². The van der Waals surface area contributed by atoms with Crippen LogP contribution >= 0.6 is 0 Å². The highest BCUT2D eigenvalue weighted by atomic mass is 16.2. The van der Waals surface area contributed by atoms with Crippen LogP contribution in [0.25, 0.3) is 0 Å². The fourth-order valence-electron chi connectivity index (χ4n) is 5.03. The smallest absolute Gasteiger partial charge is 0.227 e. The molecular formula is C24H32N6O. The fourth-order valence-corrected chi connectivity index (χ4v) is 5.03. The van der Waals surface area contributed by atoms with Gasteiger partial charge < -0.3 is 15.1 Å². The van der Waals surface area contributed by atoms with E-state index in [9.17, 15) is 4.79 Å². The topological polar surface area (TPSA) is 74.2 Å². The number of nitrogens with zero attached hydrogens (tertiary/aromatic N) is 5. The van der Waals surface area contributed by atoms with E-state index in [1.807, 2.05) is 41.7 Å². The number of aromatic nitrogens is 3. The lowest BCUT2D eigenvalue weighted by molar-refractivity contribution is -0.133. The minimum Gasteiger partial charge on any atom is -0.370 e. The zero-order valence-corrected chi connectivity index (χ0v) is 18.1. The maximum atomic E-state index is 12.1. The van der Waals surface area contributed by atoms with Crippen molar-refractivity contribution in [2.24, 2.45) is 17.8 Å². The third-order valence-electron chi connectivity index (χ3n) is 7.17. The maximum absolute atomic E-state index is 12.1. The fraction of sp³-hybridized carbons (Fsp3) is 0.583. The van der Waals surface area contributed by atoms with Gasteiger partial charge in [-0.1, -0.05) is 6.07 Å². The van der Waals surface area contributed by atoms with Gasteiger partial charge in [0, 0.05) is 51.3 Å². The van der Waals surface area contributed by atoms with Gasteiger partial charge in [-0.15, -0.1) is 0 Å². The van der Waals surface area contributed by atoms with Crippen LogP contribution in [-0.2, 0) is 11.2 Å². The Bertz CT molecular complexity index is 861. The Morgan fingerprint density at radius 3 is 2.55 bits per heavy atom. The second kappa shape index (κ2) is 9.20. The molecule has 164 valence electrons. The van der Waals surface area contributed by atoms with Gasteiger partial charge in [-0.25, -0.2) is 15.0 Å². The number of hydrogen-bond donors (Lipinski definition) is 1. The number of likely N-dealkylation sites (tertiary alicyclic amines) is 1. The zero-order chi connectivity index (χ0) is 21.0. The van der Waals surface area contributed by atoms with Gasteiger partial charge in [0.05, 0.1) is 6.42 Å². The summed E-state index contributed by atoms with van der Waals surface area (Å²) < 4.78 is 0. The Kier molecular flexibility index (Phi) is 6.00. The molecule has 2 unspecified atom stereocenters. The lowest BCUT2D eigenvalue weighted by atomic mass is 9.90. The molecule has 0 aromatic carbocycles. The van der Waals surface area contributed by atoms with Crippen LogP contribution in [0.3, 0.4) is 0 Å². The summed E-state index contributed by atoms with van der Waals surface area (Å²) in [7, 11) is 0. The van der Waals surface area contributed by atoms with Crippen LogP contribution < -0.4 is 10.2 Å². The first kappa shape index (κ1) is 20.2. The van der Waals surface area contributed by atoms with E-state index in [2.05, 4.69) is 25.2 Å². The Hall–Kier alpha value is -2.70. The summed E-state index contributed by atoms with van der Waals surface area (Å²) in [6.07, 6.45) is 12.2. The Balaban J connectivity index is 0.997. The van der Waals surface area contributed by atoms with Crippen LogP contribution in [0.4, 0.5) is 11.8 Å². The number of rotatable bonds is 8. The average molecular weight is 421 g/mol. The molecule has 2 atom stereocenters.